The molecule has 10 heteroatoms. The summed E-state index contributed by atoms with van der Waals surface area (Å²) in [5.41, 5.74) is -4.59. The molecule has 0 atom stereocenters. The smallest absolute Gasteiger partial charge is 0.258 e. The van der Waals surface area contributed by atoms with Gasteiger partial charge in [-0.1, -0.05) is 27.7 Å². The lowest BCUT2D eigenvalue weighted by molar-refractivity contribution is 0.0669. The van der Waals surface area contributed by atoms with E-state index >= 15 is 0 Å². The van der Waals surface area contributed by atoms with Crippen molar-refractivity contribution in [2.45, 2.75) is 27.7 Å². The highest BCUT2D eigenvalue weighted by Gasteiger charge is 2.39. The van der Waals surface area contributed by atoms with E-state index in [9.17, 15) is 0 Å². The Bertz CT molecular complexity index is 398. The third-order valence-corrected chi connectivity index (χ3v) is 17.7. The summed E-state index contributed by atoms with van der Waals surface area (Å²) in [7, 11) is 2.80. The van der Waals surface area contributed by atoms with Crippen molar-refractivity contribution in [3.8, 4) is 0 Å². The Morgan fingerprint density at radius 1 is 0.700 bits per heavy atom. The molecule has 2 rings (SSSR count). The fraction of sp³-hybridized carbons (Fsp3) is 1.00. The molecule has 20 heavy (non-hydrogen) atoms. The minimum absolute atomic E-state index is 0.0240. The average molecular weight is 394 g/mol. The molecule has 0 bridgehead atoms. The average Bonchev–Trinajstić information content (AvgIpc) is 2.36. The fourth-order valence-corrected chi connectivity index (χ4v) is 18.0. The molecule has 0 aromatic heterocycles. The molecule has 0 unspecified atom stereocenters. The Labute approximate surface area is 138 Å². The van der Waals surface area contributed by atoms with Crippen molar-refractivity contribution >= 4 is 55.8 Å². The molecule has 118 valence electrons. The Hall–Kier alpha value is 1.84. The summed E-state index contributed by atoms with van der Waals surface area (Å²) in [6.45, 7) is 10.9. The highest BCUT2D eigenvalue weighted by atomic mass is 33.5. The molecule has 2 saturated heterocycles. The molecule has 2 aliphatic rings. The van der Waals surface area contributed by atoms with Gasteiger partial charge in [0.1, 0.15) is 0 Å². The van der Waals surface area contributed by atoms with Crippen molar-refractivity contribution in [3.63, 3.8) is 0 Å². The summed E-state index contributed by atoms with van der Waals surface area (Å²) in [4.78, 5) is 0. The molecular formula is C10H20O4P2S4. The van der Waals surface area contributed by atoms with Gasteiger partial charge in [-0.3, -0.25) is 0 Å². The van der Waals surface area contributed by atoms with Crippen LogP contribution in [0.1, 0.15) is 27.7 Å². The van der Waals surface area contributed by atoms with Crippen molar-refractivity contribution in [1.82, 2.24) is 0 Å². The largest absolute Gasteiger partial charge is 0.320 e. The molecule has 0 aromatic rings. The molecule has 0 N–H and O–H groups in total. The maximum absolute atomic E-state index is 5.76. The zero-order valence-electron chi connectivity index (χ0n) is 12.0. The van der Waals surface area contributed by atoms with E-state index in [1.54, 1.807) is 0 Å². The first-order valence-corrected chi connectivity index (χ1v) is 14.8. The summed E-state index contributed by atoms with van der Waals surface area (Å²) in [5, 5.41) is 0. The van der Waals surface area contributed by atoms with Crippen molar-refractivity contribution in [2.24, 2.45) is 10.8 Å². The second kappa shape index (κ2) is 6.39. The molecule has 2 fully saturated rings. The lowest BCUT2D eigenvalue weighted by atomic mass is 9.97. The van der Waals surface area contributed by atoms with E-state index in [2.05, 4.69) is 27.7 Å². The number of hydrogen-bond acceptors (Lipinski definition) is 8. The summed E-state index contributed by atoms with van der Waals surface area (Å²) < 4.78 is 23.1. The van der Waals surface area contributed by atoms with E-state index in [4.69, 9.17) is 41.7 Å². The van der Waals surface area contributed by atoms with Crippen molar-refractivity contribution in [3.05, 3.63) is 0 Å². The zero-order valence-corrected chi connectivity index (χ0v) is 17.0. The van der Waals surface area contributed by atoms with Crippen LogP contribution in [0.3, 0.4) is 0 Å². The highest BCUT2D eigenvalue weighted by Crippen LogP contribution is 2.79. The normalized spacial score (nSPS) is 30.8. The molecule has 2 aliphatic heterocycles. The summed E-state index contributed by atoms with van der Waals surface area (Å²) in [5.74, 6) is 0. The molecular weight excluding hydrogens is 374 g/mol. The van der Waals surface area contributed by atoms with Crippen LogP contribution in [-0.4, -0.2) is 26.4 Å². The van der Waals surface area contributed by atoms with Gasteiger partial charge in [0.15, 0.2) is 0 Å². The predicted octanol–water partition coefficient (Wildman–Crippen LogP) is 4.96. The van der Waals surface area contributed by atoms with Gasteiger partial charge in [-0.2, -0.15) is 0 Å². The topological polar surface area (TPSA) is 36.9 Å². The van der Waals surface area contributed by atoms with Crippen LogP contribution in [0, 0.1) is 10.8 Å². The predicted molar refractivity (Wildman–Crippen MR) is 95.1 cm³/mol. The van der Waals surface area contributed by atoms with Gasteiger partial charge in [-0.05, 0) is 23.6 Å². The third-order valence-electron chi connectivity index (χ3n) is 2.67. The van der Waals surface area contributed by atoms with Gasteiger partial charge in [-0.15, -0.1) is 0 Å². The minimum atomic E-state index is -2.32. The van der Waals surface area contributed by atoms with Gasteiger partial charge in [0.2, 0.25) is 0 Å². The second-order valence-corrected chi connectivity index (χ2v) is 20.3. The lowest BCUT2D eigenvalue weighted by Crippen LogP contribution is -2.29. The van der Waals surface area contributed by atoms with E-state index in [0.29, 0.717) is 26.4 Å². The molecule has 0 amide bonds. The van der Waals surface area contributed by atoms with E-state index in [1.165, 1.54) is 20.8 Å². The van der Waals surface area contributed by atoms with Crippen LogP contribution >= 0.6 is 32.2 Å². The SMILES string of the molecule is CC1(C)COP(=S)(SSP2(=S)OCC(C)(C)CO2)OC1. The number of rotatable bonds is 3. The van der Waals surface area contributed by atoms with Gasteiger partial charge in [0.25, 0.3) is 11.4 Å². The first kappa shape index (κ1) is 18.2. The van der Waals surface area contributed by atoms with Gasteiger partial charge in [0, 0.05) is 31.7 Å². The maximum Gasteiger partial charge on any atom is 0.258 e. The highest BCUT2D eigenvalue weighted by molar-refractivity contribution is 9.17. The van der Waals surface area contributed by atoms with E-state index in [0.717, 1.165) is 0 Å². The van der Waals surface area contributed by atoms with Crippen LogP contribution in [0.5, 0.6) is 0 Å². The molecule has 0 spiro atoms. The van der Waals surface area contributed by atoms with Crippen LogP contribution in [0.25, 0.3) is 0 Å². The first-order chi connectivity index (χ1) is 9.04. The second-order valence-electron chi connectivity index (χ2n) is 6.47. The Kier molecular flexibility index (Phi) is 5.81. The maximum atomic E-state index is 5.76. The Balaban J connectivity index is 1.87. The van der Waals surface area contributed by atoms with Crippen LogP contribution in [-0.2, 0) is 41.7 Å². The third kappa shape index (κ3) is 5.19. The fourth-order valence-electron chi connectivity index (χ4n) is 1.34. The molecule has 0 saturated carbocycles. The Morgan fingerprint density at radius 3 is 1.20 bits per heavy atom. The van der Waals surface area contributed by atoms with E-state index in [1.807, 2.05) is 0 Å². The van der Waals surface area contributed by atoms with Gasteiger partial charge < -0.3 is 18.1 Å². The minimum Gasteiger partial charge on any atom is -0.320 e. The number of hydrogen-bond donors (Lipinski definition) is 0. The molecule has 0 radical (unpaired) electrons. The zero-order chi connectivity index (χ0) is 15.1. The van der Waals surface area contributed by atoms with Crippen molar-refractivity contribution in [1.29, 1.82) is 0 Å². The lowest BCUT2D eigenvalue weighted by Gasteiger charge is -2.38. The summed E-state index contributed by atoms with van der Waals surface area (Å²) >= 11 is 11.0. The van der Waals surface area contributed by atoms with Gasteiger partial charge >= 0.3 is 0 Å². The quantitative estimate of drug-likeness (QED) is 0.491. The first-order valence-electron chi connectivity index (χ1n) is 6.20. The van der Waals surface area contributed by atoms with Gasteiger partial charge in [0.05, 0.1) is 26.4 Å². The summed E-state index contributed by atoms with van der Waals surface area (Å²) in [6.07, 6.45) is 0. The van der Waals surface area contributed by atoms with E-state index in [-0.39, 0.29) is 10.8 Å². The monoisotopic (exact) mass is 394 g/mol. The van der Waals surface area contributed by atoms with Crippen LogP contribution in [0.4, 0.5) is 0 Å². The molecule has 0 aliphatic carbocycles. The molecule has 4 nitrogen and oxygen atoms in total. The van der Waals surface area contributed by atoms with Crippen LogP contribution in [0.15, 0.2) is 0 Å². The molecule has 2 heterocycles. The summed E-state index contributed by atoms with van der Waals surface area (Å²) in [6, 6.07) is 0. The van der Waals surface area contributed by atoms with Gasteiger partial charge in [-0.25, -0.2) is 0 Å². The van der Waals surface area contributed by atoms with E-state index < -0.39 is 11.4 Å². The van der Waals surface area contributed by atoms with Crippen LogP contribution in [0.2, 0.25) is 0 Å². The van der Waals surface area contributed by atoms with Crippen molar-refractivity contribution < 1.29 is 18.1 Å². The van der Waals surface area contributed by atoms with Crippen molar-refractivity contribution in [2.75, 3.05) is 26.4 Å². The van der Waals surface area contributed by atoms with Crippen LogP contribution < -0.4 is 0 Å². The Morgan fingerprint density at radius 2 is 0.950 bits per heavy atom. The standard InChI is InChI=1S/C10H20O4P2S4/c1-9(2)5-11-15(17,12-6-9)19-20-16(18)13-7-10(3,4)8-14-16/h5-8H2,1-4H3. The molecule has 0 aromatic carbocycles.